The number of hydrogen-bond acceptors (Lipinski definition) is 4. The Morgan fingerprint density at radius 2 is 2.26 bits per heavy atom. The van der Waals surface area contributed by atoms with E-state index in [2.05, 4.69) is 5.32 Å². The summed E-state index contributed by atoms with van der Waals surface area (Å²) in [5, 5.41) is 13.0. The van der Waals surface area contributed by atoms with Crippen molar-refractivity contribution >= 4 is 5.91 Å². The molecule has 0 aliphatic rings. The van der Waals surface area contributed by atoms with Crippen molar-refractivity contribution in [1.29, 1.82) is 0 Å². The van der Waals surface area contributed by atoms with Crippen LogP contribution in [0.2, 0.25) is 0 Å². The fraction of sp³-hybridized carbons (Fsp3) is 0.643. The quantitative estimate of drug-likeness (QED) is 0.783. The molecule has 0 fully saturated rings. The Balaban J connectivity index is 2.58. The number of carbonyl (C=O) groups is 1. The highest BCUT2D eigenvalue weighted by atomic mass is 16.4. The molecule has 2 unspecified atom stereocenters. The van der Waals surface area contributed by atoms with Crippen LogP contribution in [0.5, 0.6) is 0 Å². The number of nitrogens with one attached hydrogen (secondary N) is 1. The first kappa shape index (κ1) is 15.7. The molecule has 1 heterocycles. The van der Waals surface area contributed by atoms with E-state index in [1.807, 2.05) is 25.9 Å². The Labute approximate surface area is 114 Å². The smallest absolute Gasteiger partial charge is 0.237 e. The van der Waals surface area contributed by atoms with Gasteiger partial charge in [-0.1, -0.05) is 13.3 Å². The van der Waals surface area contributed by atoms with Crippen LogP contribution in [-0.2, 0) is 10.4 Å². The first-order valence-corrected chi connectivity index (χ1v) is 6.59. The lowest BCUT2D eigenvalue weighted by Crippen LogP contribution is -2.47. The summed E-state index contributed by atoms with van der Waals surface area (Å²) in [6, 6.07) is 3.24. The predicted octanol–water partition coefficient (Wildman–Crippen LogP) is 1.33. The van der Waals surface area contributed by atoms with Gasteiger partial charge in [-0.25, -0.2) is 0 Å². The molecule has 5 nitrogen and oxygen atoms in total. The Bertz CT molecular complexity index is 385. The second kappa shape index (κ2) is 6.73. The molecule has 0 aliphatic heterocycles. The van der Waals surface area contributed by atoms with Crippen LogP contribution in [0.4, 0.5) is 0 Å². The maximum atomic E-state index is 12.1. The summed E-state index contributed by atoms with van der Waals surface area (Å²) in [4.78, 5) is 14.0. The Morgan fingerprint density at radius 3 is 2.74 bits per heavy atom. The van der Waals surface area contributed by atoms with Crippen molar-refractivity contribution < 1.29 is 14.3 Å². The maximum Gasteiger partial charge on any atom is 0.237 e. The first-order chi connectivity index (χ1) is 8.88. The molecule has 1 amide bonds. The van der Waals surface area contributed by atoms with Crippen molar-refractivity contribution in [3.05, 3.63) is 24.2 Å². The van der Waals surface area contributed by atoms with Crippen molar-refractivity contribution in [2.45, 2.75) is 38.3 Å². The SMILES string of the molecule is CCCC(C(=O)NCC(C)(O)c1ccco1)N(C)C. The van der Waals surface area contributed by atoms with E-state index in [1.54, 1.807) is 19.1 Å². The van der Waals surface area contributed by atoms with Crippen LogP contribution in [0.15, 0.2) is 22.8 Å². The number of amides is 1. The second-order valence-electron chi connectivity index (χ2n) is 5.24. The lowest BCUT2D eigenvalue weighted by Gasteiger charge is -2.26. The van der Waals surface area contributed by atoms with E-state index < -0.39 is 5.60 Å². The van der Waals surface area contributed by atoms with Gasteiger partial charge in [0.1, 0.15) is 11.4 Å². The zero-order valence-corrected chi connectivity index (χ0v) is 12.1. The van der Waals surface area contributed by atoms with E-state index in [1.165, 1.54) is 6.26 Å². The number of rotatable bonds is 7. The van der Waals surface area contributed by atoms with Gasteiger partial charge in [0.25, 0.3) is 0 Å². The summed E-state index contributed by atoms with van der Waals surface area (Å²) < 4.78 is 5.17. The fourth-order valence-electron chi connectivity index (χ4n) is 1.95. The van der Waals surface area contributed by atoms with Crippen molar-refractivity contribution in [1.82, 2.24) is 10.2 Å². The van der Waals surface area contributed by atoms with Crippen LogP contribution in [0, 0.1) is 0 Å². The first-order valence-electron chi connectivity index (χ1n) is 6.59. The molecule has 0 aliphatic carbocycles. The minimum Gasteiger partial charge on any atom is -0.466 e. The van der Waals surface area contributed by atoms with E-state index in [-0.39, 0.29) is 18.5 Å². The molecule has 0 saturated heterocycles. The molecule has 0 saturated carbocycles. The maximum absolute atomic E-state index is 12.1. The van der Waals surface area contributed by atoms with Gasteiger partial charge < -0.3 is 14.8 Å². The van der Waals surface area contributed by atoms with Crippen LogP contribution in [-0.4, -0.2) is 42.6 Å². The summed E-state index contributed by atoms with van der Waals surface area (Å²) in [5.74, 6) is 0.378. The molecule has 108 valence electrons. The van der Waals surface area contributed by atoms with Gasteiger partial charge in [-0.15, -0.1) is 0 Å². The topological polar surface area (TPSA) is 65.7 Å². The number of aliphatic hydroxyl groups is 1. The molecule has 0 aromatic carbocycles. The number of nitrogens with zero attached hydrogens (tertiary/aromatic N) is 1. The van der Waals surface area contributed by atoms with E-state index in [9.17, 15) is 9.90 Å². The normalized spacial score (nSPS) is 16.1. The molecular formula is C14H24N2O3. The number of likely N-dealkylation sites (N-methyl/N-ethyl adjacent to an activating group) is 1. The van der Waals surface area contributed by atoms with E-state index in [4.69, 9.17) is 4.42 Å². The average molecular weight is 268 g/mol. The van der Waals surface area contributed by atoms with Gasteiger partial charge in [-0.2, -0.15) is 0 Å². The number of hydrogen-bond donors (Lipinski definition) is 2. The summed E-state index contributed by atoms with van der Waals surface area (Å²) in [6.45, 7) is 3.80. The van der Waals surface area contributed by atoms with Gasteiger partial charge in [0.15, 0.2) is 0 Å². The highest BCUT2D eigenvalue weighted by molar-refractivity contribution is 5.81. The van der Waals surface area contributed by atoms with E-state index in [0.29, 0.717) is 5.76 Å². The molecule has 0 spiro atoms. The second-order valence-corrected chi connectivity index (χ2v) is 5.24. The molecule has 19 heavy (non-hydrogen) atoms. The third-order valence-electron chi connectivity index (χ3n) is 3.15. The van der Waals surface area contributed by atoms with Crippen LogP contribution < -0.4 is 5.32 Å². The lowest BCUT2D eigenvalue weighted by atomic mass is 10.0. The molecular weight excluding hydrogens is 244 g/mol. The third kappa shape index (κ3) is 4.36. The summed E-state index contributed by atoms with van der Waals surface area (Å²) >= 11 is 0. The minimum atomic E-state index is -1.19. The van der Waals surface area contributed by atoms with Crippen molar-refractivity contribution in [3.63, 3.8) is 0 Å². The Morgan fingerprint density at radius 1 is 1.58 bits per heavy atom. The van der Waals surface area contributed by atoms with E-state index in [0.717, 1.165) is 12.8 Å². The number of furan rings is 1. The minimum absolute atomic E-state index is 0.0707. The van der Waals surface area contributed by atoms with Crippen LogP contribution >= 0.6 is 0 Å². The number of carbonyl (C=O) groups excluding carboxylic acids is 1. The van der Waals surface area contributed by atoms with Crippen molar-refractivity contribution in [2.75, 3.05) is 20.6 Å². The monoisotopic (exact) mass is 268 g/mol. The third-order valence-corrected chi connectivity index (χ3v) is 3.15. The van der Waals surface area contributed by atoms with Gasteiger partial charge in [0.2, 0.25) is 5.91 Å². The highest BCUT2D eigenvalue weighted by Gasteiger charge is 2.28. The molecule has 1 rings (SSSR count). The molecule has 1 aromatic heterocycles. The van der Waals surface area contributed by atoms with Gasteiger partial charge >= 0.3 is 0 Å². The molecule has 1 aromatic rings. The zero-order valence-electron chi connectivity index (χ0n) is 12.1. The average Bonchev–Trinajstić information content (AvgIpc) is 2.87. The molecule has 5 heteroatoms. The summed E-state index contributed by atoms with van der Waals surface area (Å²) in [7, 11) is 3.76. The predicted molar refractivity (Wildman–Crippen MR) is 73.7 cm³/mol. The van der Waals surface area contributed by atoms with Gasteiger partial charge in [0, 0.05) is 0 Å². The van der Waals surface area contributed by atoms with Crippen LogP contribution in [0.3, 0.4) is 0 Å². The summed E-state index contributed by atoms with van der Waals surface area (Å²) in [6.07, 6.45) is 3.23. The zero-order chi connectivity index (χ0) is 14.5. The Kier molecular flexibility index (Phi) is 5.57. The van der Waals surface area contributed by atoms with E-state index >= 15 is 0 Å². The highest BCUT2D eigenvalue weighted by Crippen LogP contribution is 2.19. The summed E-state index contributed by atoms with van der Waals surface area (Å²) in [5.41, 5.74) is -1.19. The largest absolute Gasteiger partial charge is 0.466 e. The van der Waals surface area contributed by atoms with Gasteiger partial charge in [-0.3, -0.25) is 9.69 Å². The van der Waals surface area contributed by atoms with Crippen LogP contribution in [0.1, 0.15) is 32.4 Å². The molecule has 2 atom stereocenters. The van der Waals surface area contributed by atoms with Crippen molar-refractivity contribution in [2.24, 2.45) is 0 Å². The van der Waals surface area contributed by atoms with Crippen molar-refractivity contribution in [3.8, 4) is 0 Å². The van der Waals surface area contributed by atoms with Gasteiger partial charge in [0.05, 0.1) is 18.8 Å². The Hall–Kier alpha value is -1.33. The molecule has 0 radical (unpaired) electrons. The fourth-order valence-corrected chi connectivity index (χ4v) is 1.95. The van der Waals surface area contributed by atoms with Crippen LogP contribution in [0.25, 0.3) is 0 Å². The van der Waals surface area contributed by atoms with Gasteiger partial charge in [-0.05, 0) is 39.6 Å². The molecule has 2 N–H and O–H groups in total. The molecule has 0 bridgehead atoms. The standard InChI is InChI=1S/C14H24N2O3/c1-5-7-11(16(3)4)13(17)15-10-14(2,18)12-8-6-9-19-12/h6,8-9,11,18H,5,7,10H2,1-4H3,(H,15,17). The lowest BCUT2D eigenvalue weighted by molar-refractivity contribution is -0.127.